The first-order valence-corrected chi connectivity index (χ1v) is 11.6. The zero-order valence-electron chi connectivity index (χ0n) is 19.0. The maximum Gasteiger partial charge on any atom is 0.347 e. The molecule has 6 heteroatoms. The number of para-hydroxylation sites is 2. The van der Waals surface area contributed by atoms with Crippen molar-refractivity contribution in [3.8, 4) is 0 Å². The van der Waals surface area contributed by atoms with E-state index in [1.54, 1.807) is 14.9 Å². The van der Waals surface area contributed by atoms with Gasteiger partial charge in [0.1, 0.15) is 6.54 Å². The van der Waals surface area contributed by atoms with Crippen molar-refractivity contribution in [1.29, 1.82) is 0 Å². The summed E-state index contributed by atoms with van der Waals surface area (Å²) in [5.41, 5.74) is 3.44. The number of benzene rings is 4. The van der Waals surface area contributed by atoms with Gasteiger partial charge in [0, 0.05) is 11.4 Å². The van der Waals surface area contributed by atoms with Crippen molar-refractivity contribution in [2.24, 2.45) is 0 Å². The van der Waals surface area contributed by atoms with Crippen molar-refractivity contribution in [1.82, 2.24) is 10.0 Å². The molecule has 2 aliphatic rings. The number of rotatable bonds is 4. The fourth-order valence-corrected chi connectivity index (χ4v) is 5.00. The molecule has 6 nitrogen and oxygen atoms in total. The third-order valence-electron chi connectivity index (χ3n) is 6.52. The van der Waals surface area contributed by atoms with Crippen LogP contribution < -0.4 is 9.80 Å². The summed E-state index contributed by atoms with van der Waals surface area (Å²) in [6.45, 7) is 0.152. The Morgan fingerprint density at radius 1 is 0.514 bits per heavy atom. The Kier molecular flexibility index (Phi) is 5.19. The van der Waals surface area contributed by atoms with E-state index in [1.165, 1.54) is 0 Å². The van der Waals surface area contributed by atoms with Crippen LogP contribution in [0.1, 0.15) is 23.5 Å². The molecule has 2 fully saturated rings. The van der Waals surface area contributed by atoms with E-state index < -0.39 is 12.3 Å². The SMILES string of the molecule is O=C1N(c2ccccc2)C(c2ccccc2)N2C(=O)CN(c3ccccc3)C(c3ccccc3)N12. The highest BCUT2D eigenvalue weighted by Gasteiger charge is 2.55. The van der Waals surface area contributed by atoms with Crippen molar-refractivity contribution in [3.63, 3.8) is 0 Å². The topological polar surface area (TPSA) is 47.1 Å². The summed E-state index contributed by atoms with van der Waals surface area (Å²) in [4.78, 5) is 31.8. The van der Waals surface area contributed by atoms with E-state index in [2.05, 4.69) is 0 Å². The zero-order valence-corrected chi connectivity index (χ0v) is 19.0. The first-order valence-electron chi connectivity index (χ1n) is 11.6. The van der Waals surface area contributed by atoms with Crippen LogP contribution in [0.4, 0.5) is 16.2 Å². The lowest BCUT2D eigenvalue weighted by molar-refractivity contribution is -0.152. The number of amides is 3. The molecule has 6 rings (SSSR count). The summed E-state index contributed by atoms with van der Waals surface area (Å²) in [7, 11) is 0. The van der Waals surface area contributed by atoms with Gasteiger partial charge in [-0.3, -0.25) is 9.69 Å². The Hall–Kier alpha value is -4.58. The zero-order chi connectivity index (χ0) is 23.8. The predicted molar refractivity (Wildman–Crippen MR) is 135 cm³/mol. The number of carbonyl (C=O) groups excluding carboxylic acids is 2. The molecule has 3 amide bonds. The van der Waals surface area contributed by atoms with Crippen molar-refractivity contribution in [2.45, 2.75) is 12.3 Å². The van der Waals surface area contributed by atoms with Gasteiger partial charge in [0.25, 0.3) is 5.91 Å². The minimum absolute atomic E-state index is 0.137. The number of anilines is 2. The summed E-state index contributed by atoms with van der Waals surface area (Å²) >= 11 is 0. The minimum Gasteiger partial charge on any atom is -0.336 e. The molecule has 0 aliphatic carbocycles. The Bertz CT molecular complexity index is 1330. The van der Waals surface area contributed by atoms with E-state index in [1.807, 2.05) is 126 Å². The predicted octanol–water partition coefficient (Wildman–Crippen LogP) is 5.59. The molecule has 2 unspecified atom stereocenters. The highest BCUT2D eigenvalue weighted by Crippen LogP contribution is 2.46. The monoisotopic (exact) mass is 460 g/mol. The maximum absolute atomic E-state index is 14.3. The second-order valence-electron chi connectivity index (χ2n) is 8.60. The Morgan fingerprint density at radius 2 is 0.971 bits per heavy atom. The molecular formula is C29H24N4O2. The van der Waals surface area contributed by atoms with E-state index in [-0.39, 0.29) is 18.5 Å². The molecule has 35 heavy (non-hydrogen) atoms. The van der Waals surface area contributed by atoms with Gasteiger partial charge in [-0.05, 0) is 35.4 Å². The van der Waals surface area contributed by atoms with Crippen LogP contribution in [0, 0.1) is 0 Å². The van der Waals surface area contributed by atoms with Gasteiger partial charge in [-0.2, -0.15) is 0 Å². The number of hydrogen-bond acceptors (Lipinski definition) is 3. The van der Waals surface area contributed by atoms with Crippen molar-refractivity contribution < 1.29 is 9.59 Å². The highest BCUT2D eigenvalue weighted by molar-refractivity contribution is 6.00. The molecule has 172 valence electrons. The molecule has 0 aromatic heterocycles. The Morgan fingerprint density at radius 3 is 1.51 bits per heavy atom. The Labute approximate surface area is 204 Å². The summed E-state index contributed by atoms with van der Waals surface area (Å²) in [5.74, 6) is -0.137. The summed E-state index contributed by atoms with van der Waals surface area (Å²) in [5, 5.41) is 3.26. The van der Waals surface area contributed by atoms with Gasteiger partial charge in [0.05, 0.1) is 0 Å². The second kappa shape index (κ2) is 8.65. The second-order valence-corrected chi connectivity index (χ2v) is 8.60. The molecule has 2 heterocycles. The fraction of sp³-hybridized carbons (Fsp3) is 0.103. The molecule has 0 spiro atoms. The largest absolute Gasteiger partial charge is 0.347 e. The molecule has 0 N–H and O–H groups in total. The lowest BCUT2D eigenvalue weighted by Crippen LogP contribution is -2.59. The third-order valence-corrected chi connectivity index (χ3v) is 6.52. The first-order chi connectivity index (χ1) is 17.2. The molecule has 2 saturated heterocycles. The van der Waals surface area contributed by atoms with E-state index in [9.17, 15) is 9.59 Å². The van der Waals surface area contributed by atoms with Crippen molar-refractivity contribution >= 4 is 23.3 Å². The van der Waals surface area contributed by atoms with Gasteiger partial charge in [0.2, 0.25) is 0 Å². The number of fused-ring (bicyclic) bond motifs is 1. The van der Waals surface area contributed by atoms with Gasteiger partial charge in [-0.25, -0.2) is 14.8 Å². The highest BCUT2D eigenvalue weighted by atomic mass is 16.2. The molecule has 4 aromatic carbocycles. The first kappa shape index (κ1) is 21.0. The van der Waals surface area contributed by atoms with Gasteiger partial charge >= 0.3 is 6.03 Å². The third kappa shape index (κ3) is 3.51. The number of urea groups is 1. The summed E-state index contributed by atoms with van der Waals surface area (Å²) in [6.07, 6.45) is -1.06. The van der Waals surface area contributed by atoms with Gasteiger partial charge < -0.3 is 4.90 Å². The molecular weight excluding hydrogens is 436 g/mol. The number of carbonyl (C=O) groups is 2. The molecule has 0 radical (unpaired) electrons. The number of hydrazine groups is 1. The van der Waals surface area contributed by atoms with Crippen LogP contribution >= 0.6 is 0 Å². The van der Waals surface area contributed by atoms with Gasteiger partial charge in [-0.15, -0.1) is 0 Å². The van der Waals surface area contributed by atoms with Crippen molar-refractivity contribution in [3.05, 3.63) is 132 Å². The van der Waals surface area contributed by atoms with E-state index >= 15 is 0 Å². The van der Waals surface area contributed by atoms with Crippen molar-refractivity contribution in [2.75, 3.05) is 16.3 Å². The number of hydrogen-bond donors (Lipinski definition) is 0. The Balaban J connectivity index is 1.55. The van der Waals surface area contributed by atoms with E-state index in [4.69, 9.17) is 0 Å². The van der Waals surface area contributed by atoms with Crippen LogP contribution in [0.3, 0.4) is 0 Å². The van der Waals surface area contributed by atoms with Gasteiger partial charge in [0.15, 0.2) is 12.3 Å². The summed E-state index contributed by atoms with van der Waals surface area (Å²) in [6, 6.07) is 38.7. The standard InChI is InChI=1S/C29H24N4O2/c34-26-21-30(24-17-9-3-10-18-24)27(22-13-5-1-6-14-22)33-29(35)31(25-19-11-4-12-20-25)28(32(26)33)23-15-7-2-8-16-23/h1-20,27-28H,21H2. The maximum atomic E-state index is 14.3. The quantitative estimate of drug-likeness (QED) is 0.399. The average molecular weight is 461 g/mol. The van der Waals surface area contributed by atoms with E-state index in [0.717, 1.165) is 22.5 Å². The molecule has 2 atom stereocenters. The van der Waals surface area contributed by atoms with Crippen LogP contribution in [0.2, 0.25) is 0 Å². The molecule has 2 aliphatic heterocycles. The van der Waals surface area contributed by atoms with Gasteiger partial charge in [-0.1, -0.05) is 97.1 Å². The lowest BCUT2D eigenvalue weighted by atomic mass is 10.1. The van der Waals surface area contributed by atoms with Crippen LogP contribution in [-0.4, -0.2) is 28.5 Å². The smallest absolute Gasteiger partial charge is 0.336 e. The number of nitrogens with zero attached hydrogens (tertiary/aromatic N) is 4. The van der Waals surface area contributed by atoms with Crippen LogP contribution in [0.5, 0.6) is 0 Å². The summed E-state index contributed by atoms with van der Waals surface area (Å²) < 4.78 is 0. The lowest BCUT2D eigenvalue weighted by Gasteiger charge is -2.47. The normalized spacial score (nSPS) is 19.8. The molecule has 0 bridgehead atoms. The average Bonchev–Trinajstić information content (AvgIpc) is 3.24. The molecule has 4 aromatic rings. The van der Waals surface area contributed by atoms with E-state index in [0.29, 0.717) is 0 Å². The van der Waals surface area contributed by atoms with Crippen LogP contribution in [0.15, 0.2) is 121 Å². The van der Waals surface area contributed by atoms with Crippen LogP contribution in [0.25, 0.3) is 0 Å². The molecule has 0 saturated carbocycles. The van der Waals surface area contributed by atoms with Crippen LogP contribution in [-0.2, 0) is 4.79 Å². The fourth-order valence-electron chi connectivity index (χ4n) is 5.00. The minimum atomic E-state index is -0.581.